The Balaban J connectivity index is 2.17. The molecule has 26 heavy (non-hydrogen) atoms. The zero-order valence-corrected chi connectivity index (χ0v) is 16.5. The van der Waals surface area contributed by atoms with Crippen molar-refractivity contribution in [1.29, 1.82) is 0 Å². The second-order valence-corrected chi connectivity index (χ2v) is 7.48. The van der Waals surface area contributed by atoms with E-state index in [2.05, 4.69) is 23.7 Å². The minimum atomic E-state index is -0.189. The maximum atomic E-state index is 11.7. The van der Waals surface area contributed by atoms with Gasteiger partial charge in [-0.2, -0.15) is 0 Å². The maximum Gasteiger partial charge on any atom is 0.306 e. The van der Waals surface area contributed by atoms with E-state index in [4.69, 9.17) is 15.2 Å². The maximum absolute atomic E-state index is 11.7. The third kappa shape index (κ3) is 5.59. The fourth-order valence-electron chi connectivity index (χ4n) is 3.39. The molecule has 6 nitrogen and oxygen atoms in total. The van der Waals surface area contributed by atoms with Crippen LogP contribution in [0.3, 0.4) is 0 Å². The van der Waals surface area contributed by atoms with Crippen LogP contribution in [0, 0.1) is 5.92 Å². The molecule has 6 heteroatoms. The topological polar surface area (TPSA) is 77.7 Å². The summed E-state index contributed by atoms with van der Waals surface area (Å²) >= 11 is 0. The first-order valence-corrected chi connectivity index (χ1v) is 9.67. The number of nitrogens with zero attached hydrogens (tertiary/aromatic N) is 2. The number of nitrogen functional groups attached to an aromatic ring is 1. The smallest absolute Gasteiger partial charge is 0.306 e. The second-order valence-electron chi connectivity index (χ2n) is 7.48. The summed E-state index contributed by atoms with van der Waals surface area (Å²) in [6.45, 7) is 11.1. The third-order valence-corrected chi connectivity index (χ3v) is 4.73. The molecular formula is C20H33N3O3. The van der Waals surface area contributed by atoms with Gasteiger partial charge in [0.25, 0.3) is 0 Å². The molecule has 1 fully saturated rings. The van der Waals surface area contributed by atoms with Crippen molar-refractivity contribution < 1.29 is 14.3 Å². The first kappa shape index (κ1) is 20.5. The van der Waals surface area contributed by atoms with Crippen molar-refractivity contribution in [2.24, 2.45) is 5.92 Å². The highest BCUT2D eigenvalue weighted by Gasteiger charge is 2.25. The third-order valence-electron chi connectivity index (χ3n) is 4.73. The molecule has 0 saturated carbocycles. The number of pyridine rings is 1. The number of carbonyl (C=O) groups is 1. The number of carbonyl (C=O) groups excluding carboxylic acids is 1. The molecule has 2 rings (SSSR count). The van der Waals surface area contributed by atoms with Crippen molar-refractivity contribution in [3.8, 4) is 0 Å². The van der Waals surface area contributed by atoms with E-state index in [1.54, 1.807) is 0 Å². The van der Waals surface area contributed by atoms with Crippen LogP contribution in [0.1, 0.15) is 58.4 Å². The molecule has 1 saturated heterocycles. The quantitative estimate of drug-likeness (QED) is 0.714. The van der Waals surface area contributed by atoms with Crippen LogP contribution >= 0.6 is 0 Å². The second kappa shape index (κ2) is 9.76. The summed E-state index contributed by atoms with van der Waals surface area (Å²) in [7, 11) is 0. The number of esters is 1. The van der Waals surface area contributed by atoms with E-state index < -0.39 is 0 Å². The molecular weight excluding hydrogens is 330 g/mol. The summed E-state index contributed by atoms with van der Waals surface area (Å²) in [5.41, 5.74) is 8.02. The predicted octanol–water partition coefficient (Wildman–Crippen LogP) is 3.36. The monoisotopic (exact) mass is 363 g/mol. The first-order valence-electron chi connectivity index (χ1n) is 9.67. The number of anilines is 2. The molecule has 1 atom stereocenters. The fraction of sp³-hybridized carbons (Fsp3) is 0.700. The van der Waals surface area contributed by atoms with Gasteiger partial charge in [-0.05, 0) is 43.2 Å². The van der Waals surface area contributed by atoms with E-state index in [-0.39, 0.29) is 11.9 Å². The molecule has 1 aliphatic heterocycles. The van der Waals surface area contributed by atoms with Gasteiger partial charge in [0.05, 0.1) is 18.7 Å². The zero-order chi connectivity index (χ0) is 19.1. The van der Waals surface area contributed by atoms with Gasteiger partial charge in [0.15, 0.2) is 5.82 Å². The van der Waals surface area contributed by atoms with Crippen molar-refractivity contribution in [2.45, 2.75) is 58.9 Å². The Morgan fingerprint density at radius 1 is 1.38 bits per heavy atom. The van der Waals surface area contributed by atoms with Gasteiger partial charge in [0, 0.05) is 32.0 Å². The summed E-state index contributed by atoms with van der Waals surface area (Å²) in [4.78, 5) is 18.7. The van der Waals surface area contributed by atoms with Crippen molar-refractivity contribution in [3.63, 3.8) is 0 Å². The van der Waals surface area contributed by atoms with Gasteiger partial charge in [-0.1, -0.05) is 20.8 Å². The molecule has 0 amide bonds. The molecule has 0 aromatic carbocycles. The van der Waals surface area contributed by atoms with E-state index in [0.717, 1.165) is 44.0 Å². The SMILES string of the molecule is CCOC(=O)C[C@@H](C)c1cnc(N(CC(C)C)C2CCOCC2)c(N)c1. The van der Waals surface area contributed by atoms with Gasteiger partial charge in [0.2, 0.25) is 0 Å². The standard InChI is InChI=1S/C20H33N3O3/c1-5-26-19(24)10-15(4)16-11-18(21)20(22-12-16)23(13-14(2)3)17-6-8-25-9-7-17/h11-12,14-15,17H,5-10,13,21H2,1-4H3/t15-/m1/s1. The van der Waals surface area contributed by atoms with Crippen LogP contribution in [0.5, 0.6) is 0 Å². The summed E-state index contributed by atoms with van der Waals surface area (Å²) < 4.78 is 10.5. The highest BCUT2D eigenvalue weighted by molar-refractivity contribution is 5.71. The Hall–Kier alpha value is -1.82. The van der Waals surface area contributed by atoms with E-state index in [1.165, 1.54) is 0 Å². The van der Waals surface area contributed by atoms with Gasteiger partial charge in [-0.25, -0.2) is 4.98 Å². The largest absolute Gasteiger partial charge is 0.466 e. The fourth-order valence-corrected chi connectivity index (χ4v) is 3.39. The van der Waals surface area contributed by atoms with Crippen LogP contribution in [0.4, 0.5) is 11.5 Å². The number of nitrogens with two attached hydrogens (primary N) is 1. The Bertz CT molecular complexity index is 586. The van der Waals surface area contributed by atoms with Gasteiger partial charge in [-0.15, -0.1) is 0 Å². The highest BCUT2D eigenvalue weighted by Crippen LogP contribution is 2.30. The molecule has 146 valence electrons. The Morgan fingerprint density at radius 2 is 2.08 bits per heavy atom. The van der Waals surface area contributed by atoms with Gasteiger partial charge < -0.3 is 20.1 Å². The summed E-state index contributed by atoms with van der Waals surface area (Å²) in [5, 5.41) is 0. The predicted molar refractivity (Wildman–Crippen MR) is 104 cm³/mol. The van der Waals surface area contributed by atoms with Crippen LogP contribution in [0.15, 0.2) is 12.3 Å². The Morgan fingerprint density at radius 3 is 2.65 bits per heavy atom. The first-order chi connectivity index (χ1) is 12.4. The summed E-state index contributed by atoms with van der Waals surface area (Å²) in [6, 6.07) is 2.36. The van der Waals surface area contributed by atoms with Crippen molar-refractivity contribution >= 4 is 17.5 Å². The minimum Gasteiger partial charge on any atom is -0.466 e. The van der Waals surface area contributed by atoms with E-state index in [1.807, 2.05) is 26.1 Å². The van der Waals surface area contributed by atoms with Crippen molar-refractivity contribution in [3.05, 3.63) is 17.8 Å². The summed E-state index contributed by atoms with van der Waals surface area (Å²) in [6.07, 6.45) is 4.18. The molecule has 2 heterocycles. The van der Waals surface area contributed by atoms with E-state index >= 15 is 0 Å². The molecule has 0 radical (unpaired) electrons. The molecule has 0 spiro atoms. The van der Waals surface area contributed by atoms with Crippen LogP contribution in [0.2, 0.25) is 0 Å². The number of ether oxygens (including phenoxy) is 2. The van der Waals surface area contributed by atoms with Gasteiger partial charge in [0.1, 0.15) is 0 Å². The lowest BCUT2D eigenvalue weighted by Crippen LogP contribution is -2.42. The highest BCUT2D eigenvalue weighted by atomic mass is 16.5. The molecule has 1 aromatic rings. The normalized spacial score (nSPS) is 16.5. The molecule has 0 bridgehead atoms. The van der Waals surface area contributed by atoms with Gasteiger partial charge >= 0.3 is 5.97 Å². The van der Waals surface area contributed by atoms with Crippen LogP contribution < -0.4 is 10.6 Å². The van der Waals surface area contributed by atoms with Crippen molar-refractivity contribution in [2.75, 3.05) is 37.0 Å². The molecule has 2 N–H and O–H groups in total. The lowest BCUT2D eigenvalue weighted by molar-refractivity contribution is -0.143. The average Bonchev–Trinajstić information content (AvgIpc) is 2.60. The summed E-state index contributed by atoms with van der Waals surface area (Å²) in [5.74, 6) is 1.20. The van der Waals surface area contributed by atoms with E-state index in [9.17, 15) is 4.79 Å². The molecule has 1 aromatic heterocycles. The molecule has 0 aliphatic carbocycles. The van der Waals surface area contributed by atoms with Crippen molar-refractivity contribution in [1.82, 2.24) is 4.98 Å². The Kier molecular flexibility index (Phi) is 7.69. The zero-order valence-electron chi connectivity index (χ0n) is 16.5. The van der Waals surface area contributed by atoms with Crippen LogP contribution in [-0.4, -0.2) is 43.4 Å². The lowest BCUT2D eigenvalue weighted by atomic mass is 9.98. The van der Waals surface area contributed by atoms with Gasteiger partial charge in [-0.3, -0.25) is 4.79 Å². The minimum absolute atomic E-state index is 0.0273. The van der Waals surface area contributed by atoms with E-state index in [0.29, 0.717) is 30.7 Å². The number of aromatic nitrogens is 1. The van der Waals surface area contributed by atoms with Crippen LogP contribution in [0.25, 0.3) is 0 Å². The van der Waals surface area contributed by atoms with Crippen LogP contribution in [-0.2, 0) is 14.3 Å². The number of hydrogen-bond donors (Lipinski definition) is 1. The Labute approximate surface area is 157 Å². The molecule has 0 unspecified atom stereocenters. The molecule has 1 aliphatic rings. The lowest BCUT2D eigenvalue weighted by Gasteiger charge is -2.37. The number of hydrogen-bond acceptors (Lipinski definition) is 6. The number of rotatable bonds is 8. The average molecular weight is 364 g/mol.